The number of aryl methyl sites for hydroxylation is 2. The third kappa shape index (κ3) is 5.46. The molecule has 0 radical (unpaired) electrons. The van der Waals surface area contributed by atoms with Gasteiger partial charge in [0.2, 0.25) is 0 Å². The summed E-state index contributed by atoms with van der Waals surface area (Å²) >= 11 is 1.74. The van der Waals surface area contributed by atoms with Gasteiger partial charge in [-0.05, 0) is 60.7 Å². The predicted octanol–water partition coefficient (Wildman–Crippen LogP) is 4.40. The minimum atomic E-state index is -0.578. The lowest BCUT2D eigenvalue weighted by molar-refractivity contribution is 0.0607. The molecule has 4 nitrogen and oxygen atoms in total. The highest BCUT2D eigenvalue weighted by Crippen LogP contribution is 2.20. The Morgan fingerprint density at radius 1 is 1.15 bits per heavy atom. The third-order valence-electron chi connectivity index (χ3n) is 4.20. The standard InChI is InChI=1S/C21H25NO3S/c1-16-5-3-6-19(11-16)25-15-18(23)12-22(13-20-7-4-9-24-20)14-21-17(2)8-10-26-21/h3-11,18,23H,12-15H2,1-2H3. The van der Waals surface area contributed by atoms with Crippen molar-refractivity contribution in [3.8, 4) is 5.75 Å². The summed E-state index contributed by atoms with van der Waals surface area (Å²) < 4.78 is 11.2. The van der Waals surface area contributed by atoms with Crippen LogP contribution in [0.1, 0.15) is 21.8 Å². The Balaban J connectivity index is 1.59. The molecule has 0 saturated carbocycles. The smallest absolute Gasteiger partial charge is 0.119 e. The van der Waals surface area contributed by atoms with Gasteiger partial charge in [0.25, 0.3) is 0 Å². The van der Waals surface area contributed by atoms with Crippen molar-refractivity contribution in [2.75, 3.05) is 13.2 Å². The lowest BCUT2D eigenvalue weighted by Crippen LogP contribution is -2.35. The molecular weight excluding hydrogens is 346 g/mol. The number of nitrogens with zero attached hydrogens (tertiary/aromatic N) is 1. The zero-order chi connectivity index (χ0) is 18.4. The highest BCUT2D eigenvalue weighted by molar-refractivity contribution is 7.10. The second-order valence-electron chi connectivity index (χ2n) is 6.56. The molecule has 1 N–H and O–H groups in total. The Morgan fingerprint density at radius 2 is 2.04 bits per heavy atom. The monoisotopic (exact) mass is 371 g/mol. The lowest BCUT2D eigenvalue weighted by Gasteiger charge is -2.24. The Morgan fingerprint density at radius 3 is 2.73 bits per heavy atom. The number of ether oxygens (including phenoxy) is 1. The zero-order valence-electron chi connectivity index (χ0n) is 15.2. The molecule has 0 amide bonds. The van der Waals surface area contributed by atoms with Gasteiger partial charge in [-0.3, -0.25) is 4.90 Å². The molecule has 138 valence electrons. The van der Waals surface area contributed by atoms with E-state index < -0.39 is 6.10 Å². The number of aliphatic hydroxyl groups is 1. The molecular formula is C21H25NO3S. The quantitative estimate of drug-likeness (QED) is 0.606. The SMILES string of the molecule is Cc1cccc(OCC(O)CN(Cc2ccco2)Cc2sccc2C)c1. The number of hydrogen-bond donors (Lipinski definition) is 1. The average molecular weight is 372 g/mol. The van der Waals surface area contributed by atoms with E-state index in [1.165, 1.54) is 10.4 Å². The maximum atomic E-state index is 10.5. The van der Waals surface area contributed by atoms with E-state index in [9.17, 15) is 5.11 Å². The first-order valence-corrected chi connectivity index (χ1v) is 9.63. The first-order chi connectivity index (χ1) is 12.6. The molecule has 0 aliphatic heterocycles. The topological polar surface area (TPSA) is 45.8 Å². The summed E-state index contributed by atoms with van der Waals surface area (Å²) in [5.41, 5.74) is 2.43. The largest absolute Gasteiger partial charge is 0.491 e. The first-order valence-electron chi connectivity index (χ1n) is 8.75. The van der Waals surface area contributed by atoms with Gasteiger partial charge >= 0.3 is 0 Å². The number of benzene rings is 1. The Bertz CT molecular complexity index is 797. The number of aliphatic hydroxyl groups excluding tert-OH is 1. The molecule has 2 aromatic heterocycles. The molecule has 0 bridgehead atoms. The van der Waals surface area contributed by atoms with E-state index >= 15 is 0 Å². The molecule has 3 aromatic rings. The number of furan rings is 1. The molecule has 0 saturated heterocycles. The van der Waals surface area contributed by atoms with Gasteiger partial charge in [0, 0.05) is 18.0 Å². The van der Waals surface area contributed by atoms with Crippen molar-refractivity contribution in [2.24, 2.45) is 0 Å². The van der Waals surface area contributed by atoms with Crippen LogP contribution in [0.5, 0.6) is 5.75 Å². The van der Waals surface area contributed by atoms with Gasteiger partial charge in [0.1, 0.15) is 24.2 Å². The van der Waals surface area contributed by atoms with Crippen LogP contribution < -0.4 is 4.74 Å². The predicted molar refractivity (Wildman–Crippen MR) is 105 cm³/mol. The third-order valence-corrected chi connectivity index (χ3v) is 5.20. The van der Waals surface area contributed by atoms with Crippen LogP contribution in [0.4, 0.5) is 0 Å². The second-order valence-corrected chi connectivity index (χ2v) is 7.56. The molecule has 0 aliphatic carbocycles. The summed E-state index contributed by atoms with van der Waals surface area (Å²) in [6, 6.07) is 13.8. The van der Waals surface area contributed by atoms with Crippen LogP contribution in [0.3, 0.4) is 0 Å². The van der Waals surface area contributed by atoms with Crippen LogP contribution in [-0.4, -0.2) is 29.3 Å². The van der Waals surface area contributed by atoms with Crippen LogP contribution in [0.25, 0.3) is 0 Å². The summed E-state index contributed by atoms with van der Waals surface area (Å²) in [6.45, 7) is 6.37. The van der Waals surface area contributed by atoms with Crippen LogP contribution in [-0.2, 0) is 13.1 Å². The highest BCUT2D eigenvalue weighted by atomic mass is 32.1. The molecule has 2 heterocycles. The summed E-state index contributed by atoms with van der Waals surface area (Å²) in [5.74, 6) is 1.68. The highest BCUT2D eigenvalue weighted by Gasteiger charge is 2.16. The normalized spacial score (nSPS) is 12.5. The molecule has 1 unspecified atom stereocenters. The van der Waals surface area contributed by atoms with E-state index in [-0.39, 0.29) is 6.61 Å². The van der Waals surface area contributed by atoms with Gasteiger partial charge in [-0.1, -0.05) is 12.1 Å². The number of thiophene rings is 1. The minimum absolute atomic E-state index is 0.265. The fraction of sp³-hybridized carbons (Fsp3) is 0.333. The fourth-order valence-electron chi connectivity index (χ4n) is 2.83. The van der Waals surface area contributed by atoms with E-state index in [1.54, 1.807) is 17.6 Å². The molecule has 0 spiro atoms. The minimum Gasteiger partial charge on any atom is -0.491 e. The summed E-state index contributed by atoms with van der Waals surface area (Å²) in [4.78, 5) is 3.51. The molecule has 5 heteroatoms. The van der Waals surface area contributed by atoms with Crippen molar-refractivity contribution in [3.63, 3.8) is 0 Å². The van der Waals surface area contributed by atoms with Crippen LogP contribution in [0, 0.1) is 13.8 Å². The van der Waals surface area contributed by atoms with Gasteiger partial charge in [0.15, 0.2) is 0 Å². The molecule has 0 aliphatic rings. The summed E-state index contributed by atoms with van der Waals surface area (Å²) in [5, 5.41) is 12.6. The van der Waals surface area contributed by atoms with Crippen molar-refractivity contribution in [2.45, 2.75) is 33.0 Å². The van der Waals surface area contributed by atoms with Crippen molar-refractivity contribution in [1.29, 1.82) is 0 Å². The Kier molecular flexibility index (Phi) is 6.50. The Labute approximate surface area is 158 Å². The molecule has 1 aromatic carbocycles. The molecule has 3 rings (SSSR count). The lowest BCUT2D eigenvalue weighted by atomic mass is 10.2. The van der Waals surface area contributed by atoms with E-state index in [4.69, 9.17) is 9.15 Å². The maximum Gasteiger partial charge on any atom is 0.119 e. The van der Waals surface area contributed by atoms with Gasteiger partial charge in [-0.25, -0.2) is 0 Å². The zero-order valence-corrected chi connectivity index (χ0v) is 16.0. The van der Waals surface area contributed by atoms with Crippen molar-refractivity contribution in [1.82, 2.24) is 4.90 Å². The molecule has 26 heavy (non-hydrogen) atoms. The van der Waals surface area contributed by atoms with E-state index in [1.807, 2.05) is 43.3 Å². The second kappa shape index (κ2) is 9.03. The van der Waals surface area contributed by atoms with Crippen LogP contribution in [0.15, 0.2) is 58.5 Å². The van der Waals surface area contributed by atoms with Crippen molar-refractivity contribution < 1.29 is 14.3 Å². The van der Waals surface area contributed by atoms with Crippen LogP contribution >= 0.6 is 11.3 Å². The van der Waals surface area contributed by atoms with E-state index in [0.29, 0.717) is 13.1 Å². The van der Waals surface area contributed by atoms with Gasteiger partial charge in [0.05, 0.1) is 12.8 Å². The number of rotatable bonds is 9. The average Bonchev–Trinajstić information content (AvgIpc) is 3.25. The summed E-state index contributed by atoms with van der Waals surface area (Å²) in [7, 11) is 0. The van der Waals surface area contributed by atoms with Crippen molar-refractivity contribution >= 4 is 11.3 Å². The molecule has 1 atom stereocenters. The number of hydrogen-bond acceptors (Lipinski definition) is 5. The van der Waals surface area contributed by atoms with E-state index in [2.05, 4.69) is 23.3 Å². The molecule has 0 fully saturated rings. The van der Waals surface area contributed by atoms with Crippen molar-refractivity contribution in [3.05, 3.63) is 75.9 Å². The van der Waals surface area contributed by atoms with Crippen LogP contribution in [0.2, 0.25) is 0 Å². The van der Waals surface area contributed by atoms with Gasteiger partial charge in [-0.15, -0.1) is 11.3 Å². The first kappa shape index (κ1) is 18.7. The Hall–Kier alpha value is -2.08. The summed E-state index contributed by atoms with van der Waals surface area (Å²) in [6.07, 6.45) is 1.10. The fourth-order valence-corrected chi connectivity index (χ4v) is 3.77. The van der Waals surface area contributed by atoms with E-state index in [0.717, 1.165) is 23.6 Å². The van der Waals surface area contributed by atoms with Gasteiger partial charge < -0.3 is 14.3 Å². The maximum absolute atomic E-state index is 10.5. The van der Waals surface area contributed by atoms with Gasteiger partial charge in [-0.2, -0.15) is 0 Å².